The molecule has 0 bridgehead atoms. The molecule has 9 nitrogen and oxygen atoms in total. The van der Waals surface area contributed by atoms with Crippen molar-refractivity contribution >= 4 is 33.8 Å². The number of hydrogen-bond acceptors (Lipinski definition) is 9. The number of carbonyl (C=O) groups excluding carboxylic acids is 3. The molecule has 2 rings (SSSR count). The second-order valence-corrected chi connectivity index (χ2v) is 6.90. The van der Waals surface area contributed by atoms with E-state index in [4.69, 9.17) is 23.7 Å². The van der Waals surface area contributed by atoms with Crippen LogP contribution in [0.3, 0.4) is 0 Å². The lowest BCUT2D eigenvalue weighted by Gasteiger charge is -2.43. The normalized spacial score (nSPS) is 26.3. The molecule has 5 atom stereocenters. The van der Waals surface area contributed by atoms with Gasteiger partial charge >= 0.3 is 17.9 Å². The van der Waals surface area contributed by atoms with Crippen LogP contribution in [0.1, 0.15) is 26.3 Å². The number of esters is 3. The molecular formula is C19H23BrO9. The van der Waals surface area contributed by atoms with Crippen molar-refractivity contribution in [3.05, 3.63) is 29.8 Å². The van der Waals surface area contributed by atoms with Crippen LogP contribution in [0.5, 0.6) is 5.75 Å². The minimum absolute atomic E-state index is 0.404. The monoisotopic (exact) mass is 474 g/mol. The Labute approximate surface area is 176 Å². The number of ether oxygens (including phenoxy) is 5. The van der Waals surface area contributed by atoms with Crippen LogP contribution in [0, 0.1) is 0 Å². The molecule has 0 aromatic heterocycles. The summed E-state index contributed by atoms with van der Waals surface area (Å²) < 4.78 is 27.3. The zero-order chi connectivity index (χ0) is 21.6. The van der Waals surface area contributed by atoms with E-state index in [9.17, 15) is 19.5 Å². The quantitative estimate of drug-likeness (QED) is 0.355. The zero-order valence-corrected chi connectivity index (χ0v) is 17.8. The van der Waals surface area contributed by atoms with Crippen LogP contribution in [0.4, 0.5) is 0 Å². The highest BCUT2D eigenvalue weighted by atomic mass is 79.9. The van der Waals surface area contributed by atoms with Crippen LogP contribution in [-0.4, -0.2) is 60.3 Å². The third-order valence-electron chi connectivity index (χ3n) is 4.01. The van der Waals surface area contributed by atoms with Gasteiger partial charge in [0.25, 0.3) is 0 Å². The summed E-state index contributed by atoms with van der Waals surface area (Å²) in [7, 11) is 0. The highest BCUT2D eigenvalue weighted by Crippen LogP contribution is 2.30. The number of aliphatic hydroxyl groups is 1. The maximum Gasteiger partial charge on any atom is 0.303 e. The number of rotatable bonds is 7. The Morgan fingerprint density at radius 1 is 0.931 bits per heavy atom. The first-order chi connectivity index (χ1) is 13.7. The van der Waals surface area contributed by atoms with Crippen molar-refractivity contribution in [2.24, 2.45) is 0 Å². The van der Waals surface area contributed by atoms with Crippen molar-refractivity contribution in [1.82, 2.24) is 0 Å². The van der Waals surface area contributed by atoms with Crippen LogP contribution in [0.2, 0.25) is 0 Å². The van der Waals surface area contributed by atoms with E-state index in [1.165, 1.54) is 6.92 Å². The second-order valence-electron chi connectivity index (χ2n) is 6.34. The van der Waals surface area contributed by atoms with Crippen LogP contribution < -0.4 is 4.74 Å². The molecule has 1 aromatic rings. The summed E-state index contributed by atoms with van der Waals surface area (Å²) in [6.45, 7) is 2.94. The van der Waals surface area contributed by atoms with Gasteiger partial charge in [0.1, 0.15) is 11.9 Å². The molecule has 160 valence electrons. The summed E-state index contributed by atoms with van der Waals surface area (Å²) in [4.78, 5) is 34.8. The molecule has 10 heteroatoms. The summed E-state index contributed by atoms with van der Waals surface area (Å²) in [5, 5.41) is 10.4. The minimum atomic E-state index is -1.24. The SMILES string of the molecule is CC(=O)O[C@@H]1[C@@H](OC(C)=O)[C@H](Oc2ccc(CBr)cc2)O[C@H](CO)[C@H]1OC(C)=O. The predicted molar refractivity (Wildman–Crippen MR) is 102 cm³/mol. The first-order valence-electron chi connectivity index (χ1n) is 8.84. The molecule has 0 unspecified atom stereocenters. The first-order valence-corrected chi connectivity index (χ1v) is 9.96. The fourth-order valence-corrected chi connectivity index (χ4v) is 3.26. The van der Waals surface area contributed by atoms with Gasteiger partial charge in [-0.05, 0) is 17.7 Å². The Bertz CT molecular complexity index is 721. The topological polar surface area (TPSA) is 118 Å². The number of hydrogen-bond donors (Lipinski definition) is 1. The standard InChI is InChI=1S/C19H23BrO9/c1-10(22)25-16-15(9-21)29-19(28-14-6-4-13(8-20)5-7-14)18(27-12(3)24)17(16)26-11(2)23/h4-7,15-19,21H,8-9H2,1-3H3/t15-,16-,17+,18-,19-/m1/s1. The zero-order valence-electron chi connectivity index (χ0n) is 16.2. The molecule has 0 spiro atoms. The summed E-state index contributed by atoms with van der Waals surface area (Å²) in [5.41, 5.74) is 1.01. The van der Waals surface area contributed by atoms with Crippen LogP contribution in [0.15, 0.2) is 24.3 Å². The summed E-state index contributed by atoms with van der Waals surface area (Å²) >= 11 is 3.35. The van der Waals surface area contributed by atoms with Gasteiger partial charge in [0, 0.05) is 26.1 Å². The molecule has 1 N–H and O–H groups in total. The van der Waals surface area contributed by atoms with E-state index in [0.717, 1.165) is 19.4 Å². The first kappa shape index (κ1) is 23.1. The van der Waals surface area contributed by atoms with Gasteiger partial charge in [0.15, 0.2) is 12.2 Å². The van der Waals surface area contributed by atoms with Crippen molar-refractivity contribution < 1.29 is 43.2 Å². The Morgan fingerprint density at radius 3 is 1.93 bits per heavy atom. The van der Waals surface area contributed by atoms with E-state index in [1.54, 1.807) is 12.1 Å². The smallest absolute Gasteiger partial charge is 0.303 e. The number of alkyl halides is 1. The van der Waals surface area contributed by atoms with Gasteiger partial charge < -0.3 is 28.8 Å². The van der Waals surface area contributed by atoms with E-state index in [-0.39, 0.29) is 0 Å². The molecular weight excluding hydrogens is 452 g/mol. The van der Waals surface area contributed by atoms with Crippen molar-refractivity contribution in [2.75, 3.05) is 6.61 Å². The lowest BCUT2D eigenvalue weighted by atomic mass is 9.98. The van der Waals surface area contributed by atoms with E-state index >= 15 is 0 Å². The van der Waals surface area contributed by atoms with Gasteiger partial charge in [0.2, 0.25) is 12.4 Å². The number of benzene rings is 1. The van der Waals surface area contributed by atoms with Gasteiger partial charge in [-0.3, -0.25) is 14.4 Å². The molecule has 1 aliphatic rings. The summed E-state index contributed by atoms with van der Waals surface area (Å²) in [6.07, 6.45) is -5.96. The maximum atomic E-state index is 11.7. The van der Waals surface area contributed by atoms with E-state index in [2.05, 4.69) is 15.9 Å². The van der Waals surface area contributed by atoms with Gasteiger partial charge in [0.05, 0.1) is 6.61 Å². The lowest BCUT2D eigenvalue weighted by molar-refractivity contribution is -0.287. The molecule has 1 aromatic carbocycles. The highest BCUT2D eigenvalue weighted by molar-refractivity contribution is 9.08. The molecule has 29 heavy (non-hydrogen) atoms. The van der Waals surface area contributed by atoms with Crippen LogP contribution in [-0.2, 0) is 38.7 Å². The largest absolute Gasteiger partial charge is 0.461 e. The fourth-order valence-electron chi connectivity index (χ4n) is 2.89. The third-order valence-corrected chi connectivity index (χ3v) is 4.65. The predicted octanol–water partition coefficient (Wildman–Crippen LogP) is 1.47. The fraction of sp³-hybridized carbons (Fsp3) is 0.526. The van der Waals surface area contributed by atoms with Crippen LogP contribution >= 0.6 is 15.9 Å². The number of carbonyl (C=O) groups is 3. The molecule has 1 aliphatic heterocycles. The van der Waals surface area contributed by atoms with E-state index in [0.29, 0.717) is 11.1 Å². The van der Waals surface area contributed by atoms with Crippen molar-refractivity contribution in [3.8, 4) is 5.75 Å². The summed E-state index contributed by atoms with van der Waals surface area (Å²) in [6, 6.07) is 7.03. The Hall–Kier alpha value is -2.17. The Balaban J connectivity index is 2.37. The van der Waals surface area contributed by atoms with Gasteiger partial charge in [-0.25, -0.2) is 0 Å². The minimum Gasteiger partial charge on any atom is -0.461 e. The van der Waals surface area contributed by atoms with Gasteiger partial charge in [-0.15, -0.1) is 0 Å². The molecule has 0 aliphatic carbocycles. The van der Waals surface area contributed by atoms with Crippen LogP contribution in [0.25, 0.3) is 0 Å². The van der Waals surface area contributed by atoms with E-state index in [1.807, 2.05) is 12.1 Å². The Morgan fingerprint density at radius 2 is 1.45 bits per heavy atom. The van der Waals surface area contributed by atoms with Gasteiger partial charge in [-0.1, -0.05) is 28.1 Å². The molecule has 1 saturated heterocycles. The maximum absolute atomic E-state index is 11.7. The number of halogens is 1. The van der Waals surface area contributed by atoms with E-state index < -0.39 is 55.2 Å². The lowest BCUT2D eigenvalue weighted by Crippen LogP contribution is -2.63. The van der Waals surface area contributed by atoms with Gasteiger partial charge in [-0.2, -0.15) is 0 Å². The molecule has 1 fully saturated rings. The third kappa shape index (κ3) is 6.41. The van der Waals surface area contributed by atoms with Crippen molar-refractivity contribution in [2.45, 2.75) is 56.8 Å². The average Bonchev–Trinajstić information content (AvgIpc) is 2.65. The Kier molecular flexibility index (Phi) is 8.42. The van der Waals surface area contributed by atoms with Crippen molar-refractivity contribution in [3.63, 3.8) is 0 Å². The highest BCUT2D eigenvalue weighted by Gasteiger charge is 2.52. The summed E-state index contributed by atoms with van der Waals surface area (Å²) in [5.74, 6) is -1.65. The average molecular weight is 475 g/mol. The number of aliphatic hydroxyl groups excluding tert-OH is 1. The van der Waals surface area contributed by atoms with Crippen molar-refractivity contribution in [1.29, 1.82) is 0 Å². The second kappa shape index (κ2) is 10.6. The molecule has 0 amide bonds. The molecule has 1 heterocycles. The molecule has 0 saturated carbocycles. The molecule has 0 radical (unpaired) electrons.